The van der Waals surface area contributed by atoms with Crippen LogP contribution in [0.15, 0.2) is 54.6 Å². The number of hydrogen-bond acceptors (Lipinski definition) is 2. The Morgan fingerprint density at radius 3 is 2.34 bits per heavy atom. The molecule has 5 heteroatoms. The van der Waals surface area contributed by atoms with E-state index in [2.05, 4.69) is 33.9 Å². The zero-order chi connectivity index (χ0) is 21.7. The molecule has 0 bridgehead atoms. The molecule has 0 N–H and O–H groups in total. The van der Waals surface area contributed by atoms with E-state index in [0.717, 1.165) is 35.8 Å². The standard InChI is InChI=1S/C24H30F2O2Si/c1-24(2,3)29(4,5)28-15-9-12-19(18-10-7-6-8-11-18)16-23(27)21-17-20(25)13-14-22(21)26/h6-8,10-11,13-14,16-17H,9,12,15H2,1-5H3/b19-16+. The predicted octanol–water partition coefficient (Wildman–Crippen LogP) is 7.03. The van der Waals surface area contributed by atoms with Gasteiger partial charge in [0.2, 0.25) is 0 Å². The van der Waals surface area contributed by atoms with Crippen LogP contribution in [0, 0.1) is 11.6 Å². The molecular weight excluding hydrogens is 386 g/mol. The first-order valence-electron chi connectivity index (χ1n) is 9.90. The summed E-state index contributed by atoms with van der Waals surface area (Å²) in [4.78, 5) is 12.6. The minimum absolute atomic E-state index is 0.135. The zero-order valence-electron chi connectivity index (χ0n) is 17.9. The summed E-state index contributed by atoms with van der Waals surface area (Å²) in [6.07, 6.45) is 2.77. The molecule has 2 nitrogen and oxygen atoms in total. The molecule has 156 valence electrons. The van der Waals surface area contributed by atoms with Crippen molar-refractivity contribution >= 4 is 19.7 Å². The van der Waals surface area contributed by atoms with E-state index < -0.39 is 25.7 Å². The van der Waals surface area contributed by atoms with Crippen LogP contribution in [0.1, 0.15) is 49.5 Å². The molecule has 0 saturated heterocycles. The molecule has 2 aromatic rings. The minimum atomic E-state index is -1.83. The maximum absolute atomic E-state index is 14.0. The number of carbonyl (C=O) groups is 1. The molecule has 0 aliphatic heterocycles. The van der Waals surface area contributed by atoms with E-state index in [1.54, 1.807) is 0 Å². The van der Waals surface area contributed by atoms with E-state index in [4.69, 9.17) is 4.43 Å². The fourth-order valence-electron chi connectivity index (χ4n) is 2.68. The van der Waals surface area contributed by atoms with Crippen LogP contribution in [0.2, 0.25) is 18.1 Å². The lowest BCUT2D eigenvalue weighted by atomic mass is 9.98. The second kappa shape index (κ2) is 9.59. The number of carbonyl (C=O) groups excluding carboxylic acids is 1. The Kier molecular flexibility index (Phi) is 7.66. The van der Waals surface area contributed by atoms with Gasteiger partial charge in [-0.1, -0.05) is 51.1 Å². The van der Waals surface area contributed by atoms with Crippen LogP contribution < -0.4 is 0 Å². The molecule has 0 atom stereocenters. The van der Waals surface area contributed by atoms with Crippen molar-refractivity contribution in [1.29, 1.82) is 0 Å². The van der Waals surface area contributed by atoms with Crippen LogP contribution in [0.3, 0.4) is 0 Å². The third kappa shape index (κ3) is 6.44. The summed E-state index contributed by atoms with van der Waals surface area (Å²) in [6.45, 7) is 11.6. The molecule has 0 unspecified atom stereocenters. The van der Waals surface area contributed by atoms with Gasteiger partial charge < -0.3 is 4.43 Å². The normalized spacial score (nSPS) is 12.9. The maximum atomic E-state index is 14.0. The van der Waals surface area contributed by atoms with Gasteiger partial charge in [-0.2, -0.15) is 0 Å². The van der Waals surface area contributed by atoms with Gasteiger partial charge in [0.1, 0.15) is 11.6 Å². The third-order valence-electron chi connectivity index (χ3n) is 5.50. The van der Waals surface area contributed by atoms with Gasteiger partial charge in [-0.05, 0) is 66.4 Å². The number of allylic oxidation sites excluding steroid dienone is 2. The summed E-state index contributed by atoms with van der Waals surface area (Å²) >= 11 is 0. The Hall–Kier alpha value is -2.11. The highest BCUT2D eigenvalue weighted by Gasteiger charge is 2.36. The van der Waals surface area contributed by atoms with Crippen molar-refractivity contribution in [2.45, 2.75) is 51.7 Å². The van der Waals surface area contributed by atoms with Crippen LogP contribution in [-0.2, 0) is 4.43 Å². The molecule has 0 aromatic heterocycles. The van der Waals surface area contributed by atoms with Gasteiger partial charge >= 0.3 is 0 Å². The Labute approximate surface area is 173 Å². The summed E-state index contributed by atoms with van der Waals surface area (Å²) in [5.74, 6) is -1.89. The molecule has 0 fully saturated rings. The van der Waals surface area contributed by atoms with Gasteiger partial charge in [-0.3, -0.25) is 4.79 Å². The van der Waals surface area contributed by atoms with Crippen LogP contribution in [0.5, 0.6) is 0 Å². The second-order valence-corrected chi connectivity index (χ2v) is 13.5. The summed E-state index contributed by atoms with van der Waals surface area (Å²) < 4.78 is 33.7. The molecule has 2 aromatic carbocycles. The first-order chi connectivity index (χ1) is 13.5. The molecule has 0 saturated carbocycles. The predicted molar refractivity (Wildman–Crippen MR) is 117 cm³/mol. The first-order valence-corrected chi connectivity index (χ1v) is 12.8. The topological polar surface area (TPSA) is 26.3 Å². The van der Waals surface area contributed by atoms with Gasteiger partial charge in [-0.15, -0.1) is 0 Å². The molecule has 0 aliphatic carbocycles. The number of benzene rings is 2. The third-order valence-corrected chi connectivity index (χ3v) is 10.0. The molecule has 0 spiro atoms. The van der Waals surface area contributed by atoms with Crippen molar-refractivity contribution in [2.24, 2.45) is 0 Å². The van der Waals surface area contributed by atoms with Crippen LogP contribution in [0.25, 0.3) is 5.57 Å². The molecule has 0 amide bonds. The number of halogens is 2. The van der Waals surface area contributed by atoms with Gasteiger partial charge in [0.05, 0.1) is 5.56 Å². The zero-order valence-corrected chi connectivity index (χ0v) is 18.9. The fourth-order valence-corrected chi connectivity index (χ4v) is 3.77. The van der Waals surface area contributed by atoms with Gasteiger partial charge in [-0.25, -0.2) is 8.78 Å². The van der Waals surface area contributed by atoms with E-state index in [-0.39, 0.29) is 10.6 Å². The van der Waals surface area contributed by atoms with Crippen molar-refractivity contribution in [1.82, 2.24) is 0 Å². The largest absolute Gasteiger partial charge is 0.417 e. The Morgan fingerprint density at radius 2 is 1.72 bits per heavy atom. The Morgan fingerprint density at radius 1 is 1.07 bits per heavy atom. The highest BCUT2D eigenvalue weighted by Crippen LogP contribution is 2.36. The van der Waals surface area contributed by atoms with E-state index in [9.17, 15) is 13.6 Å². The summed E-state index contributed by atoms with van der Waals surface area (Å²) in [6, 6.07) is 12.4. The maximum Gasteiger partial charge on any atom is 0.191 e. The quantitative estimate of drug-likeness (QED) is 0.200. The molecular formula is C24H30F2O2Si. The van der Waals surface area contributed by atoms with E-state index >= 15 is 0 Å². The van der Waals surface area contributed by atoms with Crippen molar-refractivity contribution < 1.29 is 18.0 Å². The molecule has 0 heterocycles. The summed E-state index contributed by atoms with van der Waals surface area (Å²) in [7, 11) is -1.83. The highest BCUT2D eigenvalue weighted by molar-refractivity contribution is 6.74. The molecule has 0 radical (unpaired) electrons. The molecule has 2 rings (SSSR count). The fraction of sp³-hybridized carbons (Fsp3) is 0.375. The van der Waals surface area contributed by atoms with Crippen LogP contribution in [0.4, 0.5) is 8.78 Å². The Bertz CT molecular complexity index is 868. The van der Waals surface area contributed by atoms with Gasteiger partial charge in [0.15, 0.2) is 14.1 Å². The minimum Gasteiger partial charge on any atom is -0.417 e. The summed E-state index contributed by atoms with van der Waals surface area (Å²) in [5, 5.41) is 0.135. The lowest BCUT2D eigenvalue weighted by Crippen LogP contribution is -2.40. The number of hydrogen-bond donors (Lipinski definition) is 0. The average Bonchev–Trinajstić information content (AvgIpc) is 2.65. The lowest BCUT2D eigenvalue weighted by Gasteiger charge is -2.36. The van der Waals surface area contributed by atoms with Crippen molar-refractivity contribution in [2.75, 3.05) is 6.61 Å². The SMILES string of the molecule is CC(C)(C)[Si](C)(C)OCCC/C(=C\C(=O)c1cc(F)ccc1F)c1ccccc1. The van der Waals surface area contributed by atoms with Gasteiger partial charge in [0.25, 0.3) is 0 Å². The van der Waals surface area contributed by atoms with Crippen molar-refractivity contribution in [3.05, 3.63) is 77.4 Å². The molecule has 0 aliphatic rings. The van der Waals surface area contributed by atoms with E-state index in [1.807, 2.05) is 30.3 Å². The summed E-state index contributed by atoms with van der Waals surface area (Å²) in [5.41, 5.74) is 1.43. The van der Waals surface area contributed by atoms with Crippen LogP contribution >= 0.6 is 0 Å². The average molecular weight is 417 g/mol. The van der Waals surface area contributed by atoms with Crippen LogP contribution in [-0.4, -0.2) is 20.7 Å². The van der Waals surface area contributed by atoms with Crippen molar-refractivity contribution in [3.8, 4) is 0 Å². The Balaban J connectivity index is 2.17. The monoisotopic (exact) mass is 416 g/mol. The highest BCUT2D eigenvalue weighted by atomic mass is 28.4. The number of rotatable bonds is 8. The lowest BCUT2D eigenvalue weighted by molar-refractivity contribution is 0.104. The number of ketones is 1. The van der Waals surface area contributed by atoms with Gasteiger partial charge in [0, 0.05) is 6.61 Å². The van der Waals surface area contributed by atoms with E-state index in [0.29, 0.717) is 13.0 Å². The second-order valence-electron chi connectivity index (χ2n) is 8.74. The van der Waals surface area contributed by atoms with Crippen molar-refractivity contribution in [3.63, 3.8) is 0 Å². The first kappa shape index (κ1) is 23.2. The smallest absolute Gasteiger partial charge is 0.191 e. The van der Waals surface area contributed by atoms with E-state index in [1.165, 1.54) is 6.08 Å². The molecule has 29 heavy (non-hydrogen) atoms.